The molecule has 2 saturated heterocycles. The second kappa shape index (κ2) is 19.7. The number of carbonyl (C=O) groups is 6. The fourth-order valence-corrected chi connectivity index (χ4v) is 18.2. The SMILES string of the molecule is CC(=O)O[C@@]12CO[C@@H]1C[C@H](C)[C@@]1(C)C(=O)[C@H](C)C3=C(C)[C@@H](O)C[C@@](O)([C@@H](OC(=O)c4ccco4)C12)C3(C)C.CC(=O)O[C@@]12CO[C@@H]1C[C@H](C)[C@@]1(C)C(=O)[C@H](C)C3=C(C)[C@@H](O[Si](C)(C)C)C[C@@](O)([C@@H](OC(=O)c4ccco4)C12)C3(C)C. The molecule has 18 nitrogen and oxygen atoms in total. The number of hydrogen-bond donors (Lipinski definition) is 3. The van der Waals surface area contributed by atoms with Crippen LogP contribution in [0, 0.1) is 57.2 Å². The van der Waals surface area contributed by atoms with Crippen LogP contribution in [0.2, 0.25) is 19.6 Å². The lowest BCUT2D eigenvalue weighted by atomic mass is 9.42. The van der Waals surface area contributed by atoms with Crippen LogP contribution in [-0.4, -0.2) is 131 Å². The lowest BCUT2D eigenvalue weighted by Crippen LogP contribution is -2.80. The minimum Gasteiger partial charge on any atom is -0.457 e. The van der Waals surface area contributed by atoms with Crippen LogP contribution in [0.4, 0.5) is 0 Å². The van der Waals surface area contributed by atoms with E-state index in [0.717, 1.165) is 11.1 Å². The second-order valence-electron chi connectivity index (χ2n) is 27.2. The second-order valence-corrected chi connectivity index (χ2v) is 31.7. The third-order valence-corrected chi connectivity index (χ3v) is 22.3. The Morgan fingerprint density at radius 3 is 1.35 bits per heavy atom. The summed E-state index contributed by atoms with van der Waals surface area (Å²) in [5.74, 6) is -6.43. The van der Waals surface area contributed by atoms with Crippen molar-refractivity contribution in [1.82, 2.24) is 0 Å². The van der Waals surface area contributed by atoms with E-state index in [1.165, 1.54) is 38.5 Å². The van der Waals surface area contributed by atoms with Gasteiger partial charge >= 0.3 is 23.9 Å². The van der Waals surface area contributed by atoms with Gasteiger partial charge < -0.3 is 57.0 Å². The highest BCUT2D eigenvalue weighted by Crippen LogP contribution is 2.68. The van der Waals surface area contributed by atoms with Crippen molar-refractivity contribution in [3.05, 3.63) is 70.6 Å². The molecule has 2 aromatic heterocycles. The molecule has 2 unspecified atom stereocenters. The lowest BCUT2D eigenvalue weighted by molar-refractivity contribution is -0.339. The highest BCUT2D eigenvalue weighted by Gasteiger charge is 2.79. The number of ketones is 2. The van der Waals surface area contributed by atoms with Crippen molar-refractivity contribution in [1.29, 1.82) is 0 Å². The zero-order valence-electron chi connectivity index (χ0n) is 49.6. The van der Waals surface area contributed by atoms with E-state index in [1.54, 1.807) is 19.1 Å². The molecule has 440 valence electrons. The average molecular weight is 1130 g/mol. The Hall–Kier alpha value is -4.76. The van der Waals surface area contributed by atoms with Gasteiger partial charge in [0.1, 0.15) is 47.2 Å². The first-order valence-electron chi connectivity index (χ1n) is 28.4. The largest absolute Gasteiger partial charge is 0.457 e. The predicted molar refractivity (Wildman–Crippen MR) is 290 cm³/mol. The first kappa shape index (κ1) is 59.8. The maximum atomic E-state index is 15.0. The minimum atomic E-state index is -2.13. The Balaban J connectivity index is 0.000000195. The zero-order chi connectivity index (χ0) is 59.2. The van der Waals surface area contributed by atoms with Gasteiger partial charge in [-0.2, -0.15) is 0 Å². The molecule has 0 radical (unpaired) electrons. The summed E-state index contributed by atoms with van der Waals surface area (Å²) in [6, 6.07) is 6.10. The molecule has 80 heavy (non-hydrogen) atoms. The Kier molecular flexibility index (Phi) is 14.7. The van der Waals surface area contributed by atoms with Crippen molar-refractivity contribution in [3.63, 3.8) is 0 Å². The normalized spacial score (nSPS) is 42.3. The maximum absolute atomic E-state index is 15.0. The van der Waals surface area contributed by atoms with E-state index >= 15 is 0 Å². The van der Waals surface area contributed by atoms with Crippen LogP contribution < -0.4 is 0 Å². The summed E-state index contributed by atoms with van der Waals surface area (Å²) in [6.07, 6.45) is -1.54. The van der Waals surface area contributed by atoms with Crippen LogP contribution in [0.25, 0.3) is 0 Å². The summed E-state index contributed by atoms with van der Waals surface area (Å²) in [5.41, 5.74) is -7.48. The molecule has 6 aliphatic carbocycles. The average Bonchev–Trinajstić information content (AvgIpc) is 4.14. The standard InChI is InChI=1S/C32H46O9Si.C29H38O9/c1-17-14-23-31(16-38-23,40-20(4)33)25-27(39-28(35)21-12-11-13-37-21)32(36)15-22(41-42(8,9)10)18(2)24(29(32,5)6)19(3)26(34)30(17,25)7;1-14-11-20-28(13-36-20,38-17(4)30)22-24(37-25(33)19-9-8-10-35-19)29(34)12-18(31)15(2)21(26(29,5)6)16(3)23(32)27(14,22)7/h11-13,17,19,22-23,25,27,36H,14-16H2,1-10H3;8-10,14,16,18,20,22,24,31,34H,11-13H2,1-7H3/t17-,19+,22-,23+,25?,27-,30+,31-,32+;14-,16+,18-,20+,22?,24-,27+,28-,29+/m00/s1. The van der Waals surface area contributed by atoms with Crippen LogP contribution in [0.15, 0.2) is 67.9 Å². The van der Waals surface area contributed by atoms with Crippen molar-refractivity contribution in [2.45, 2.75) is 201 Å². The number of carbonyl (C=O) groups excluding carboxylic acids is 6. The number of rotatable bonds is 8. The van der Waals surface area contributed by atoms with Crippen molar-refractivity contribution in [2.75, 3.05) is 13.2 Å². The van der Waals surface area contributed by atoms with Gasteiger partial charge in [-0.05, 0) is 105 Å². The summed E-state index contributed by atoms with van der Waals surface area (Å²) >= 11 is 0. The fourth-order valence-electron chi connectivity index (χ4n) is 17.1. The topological polar surface area (TPSA) is 254 Å². The molecular formula is C61H84O18Si. The van der Waals surface area contributed by atoms with Gasteiger partial charge in [0, 0.05) is 60.2 Å². The molecule has 2 aliphatic heterocycles. The third-order valence-electron chi connectivity index (χ3n) is 21.3. The summed E-state index contributed by atoms with van der Waals surface area (Å²) in [4.78, 5) is 81.9. The number of Topliss-reactive ketones (excluding diaryl/α,β-unsaturated/α-hetero) is 2. The Bertz CT molecular complexity index is 2900. The van der Waals surface area contributed by atoms with Crippen LogP contribution in [0.5, 0.6) is 0 Å². The minimum absolute atomic E-state index is 0.00146. The van der Waals surface area contributed by atoms with Crippen LogP contribution in [0.3, 0.4) is 0 Å². The number of hydrogen-bond acceptors (Lipinski definition) is 18. The van der Waals surface area contributed by atoms with Crippen molar-refractivity contribution in [3.8, 4) is 0 Å². The highest BCUT2D eigenvalue weighted by molar-refractivity contribution is 6.69. The smallest absolute Gasteiger partial charge is 0.374 e. The van der Waals surface area contributed by atoms with Crippen LogP contribution >= 0.6 is 0 Å². The molecule has 18 atom stereocenters. The van der Waals surface area contributed by atoms with Gasteiger partial charge in [0.05, 0.1) is 49.8 Å². The predicted octanol–water partition coefficient (Wildman–Crippen LogP) is 8.31. The Morgan fingerprint density at radius 2 is 1.01 bits per heavy atom. The number of fused-ring (bicyclic) bond motifs is 10. The van der Waals surface area contributed by atoms with Gasteiger partial charge in [0.2, 0.25) is 11.5 Å². The summed E-state index contributed by atoms with van der Waals surface area (Å²) in [6.45, 7) is 31.5. The summed E-state index contributed by atoms with van der Waals surface area (Å²) in [7, 11) is -2.13. The lowest BCUT2D eigenvalue weighted by Gasteiger charge is -2.68. The molecule has 0 aromatic carbocycles. The molecule has 4 saturated carbocycles. The maximum Gasteiger partial charge on any atom is 0.374 e. The number of aliphatic hydroxyl groups excluding tert-OH is 1. The highest BCUT2D eigenvalue weighted by atomic mass is 28.4. The molecular weight excluding hydrogens is 1050 g/mol. The molecule has 10 rings (SSSR count). The third kappa shape index (κ3) is 8.48. The van der Waals surface area contributed by atoms with E-state index in [0.29, 0.717) is 24.0 Å². The molecule has 0 amide bonds. The van der Waals surface area contributed by atoms with Gasteiger partial charge in [-0.25, -0.2) is 9.59 Å². The van der Waals surface area contributed by atoms with Crippen molar-refractivity contribution >= 4 is 43.8 Å². The monoisotopic (exact) mass is 1130 g/mol. The van der Waals surface area contributed by atoms with Crippen molar-refractivity contribution in [2.24, 2.45) is 57.2 Å². The molecule has 8 aliphatic rings. The number of aliphatic hydroxyl groups is 3. The van der Waals surface area contributed by atoms with Crippen LogP contribution in [-0.2, 0) is 52.0 Å². The molecule has 0 spiro atoms. The number of esters is 4. The van der Waals surface area contributed by atoms with Gasteiger partial charge in [-0.1, -0.05) is 69.2 Å². The number of furan rings is 2. The van der Waals surface area contributed by atoms with E-state index in [-0.39, 0.29) is 61.0 Å². The van der Waals surface area contributed by atoms with Gasteiger partial charge in [-0.15, -0.1) is 0 Å². The fraction of sp³-hybridized carbons (Fsp3) is 0.705. The number of ether oxygens (including phenoxy) is 6. The Labute approximate surface area is 470 Å². The molecule has 4 heterocycles. The van der Waals surface area contributed by atoms with Gasteiger partial charge in [0.25, 0.3) is 0 Å². The van der Waals surface area contributed by atoms with Crippen LogP contribution in [0.1, 0.15) is 144 Å². The van der Waals surface area contributed by atoms with E-state index in [4.69, 9.17) is 41.7 Å². The van der Waals surface area contributed by atoms with Gasteiger partial charge in [0.15, 0.2) is 19.5 Å². The quantitative estimate of drug-likeness (QED) is 0.0972. The molecule has 6 fully saturated rings. The van der Waals surface area contributed by atoms with E-state index in [1.807, 2.05) is 76.2 Å². The zero-order valence-corrected chi connectivity index (χ0v) is 50.6. The molecule has 19 heteroatoms. The summed E-state index contributed by atoms with van der Waals surface area (Å²) in [5, 5.41) is 37.2. The van der Waals surface area contributed by atoms with E-state index < -0.39 is 137 Å². The molecule has 4 bridgehead atoms. The first-order valence-corrected chi connectivity index (χ1v) is 31.8. The van der Waals surface area contributed by atoms with Gasteiger partial charge in [-0.3, -0.25) is 19.2 Å². The van der Waals surface area contributed by atoms with Crippen molar-refractivity contribution < 1.29 is 85.8 Å². The van der Waals surface area contributed by atoms with E-state index in [9.17, 15) is 44.1 Å². The Morgan fingerprint density at radius 1 is 0.625 bits per heavy atom. The van der Waals surface area contributed by atoms with E-state index in [2.05, 4.69) is 19.6 Å². The first-order chi connectivity index (χ1) is 36.9. The molecule has 3 N–H and O–H groups in total. The summed E-state index contributed by atoms with van der Waals surface area (Å²) < 4.78 is 54.0. The molecule has 2 aromatic rings.